The molecule has 0 aliphatic carbocycles. The predicted molar refractivity (Wildman–Crippen MR) is 122 cm³/mol. The van der Waals surface area contributed by atoms with Crippen molar-refractivity contribution >= 4 is 21.8 Å². The van der Waals surface area contributed by atoms with Crippen LogP contribution < -0.4 is 4.74 Å². The molecule has 0 aliphatic rings. The predicted octanol–water partition coefficient (Wildman–Crippen LogP) is 6.78. The highest BCUT2D eigenvalue weighted by Crippen LogP contribution is 2.36. The van der Waals surface area contributed by atoms with Gasteiger partial charge in [-0.3, -0.25) is 0 Å². The van der Waals surface area contributed by atoms with Crippen LogP contribution in [0.15, 0.2) is 91.0 Å². The third-order valence-electron chi connectivity index (χ3n) is 5.61. The number of nitrogens with one attached hydrogen (secondary N) is 1. The van der Waals surface area contributed by atoms with E-state index < -0.39 is 0 Å². The molecule has 1 aromatic heterocycles. The molecule has 1 heterocycles. The molecule has 0 radical (unpaired) electrons. The van der Waals surface area contributed by atoms with Gasteiger partial charge in [0.2, 0.25) is 0 Å². The zero-order chi connectivity index (χ0) is 19.6. The Labute approximate surface area is 170 Å². The summed E-state index contributed by atoms with van der Waals surface area (Å²) in [4.78, 5) is 3.62. The van der Waals surface area contributed by atoms with Crippen LogP contribution in [0.3, 0.4) is 0 Å². The van der Waals surface area contributed by atoms with Gasteiger partial charge in [0.05, 0.1) is 7.11 Å². The van der Waals surface area contributed by atoms with Crippen molar-refractivity contribution < 1.29 is 4.74 Å². The average molecular weight is 377 g/mol. The molecule has 2 nitrogen and oxygen atoms in total. The number of rotatable bonds is 5. The van der Waals surface area contributed by atoms with E-state index in [1.165, 1.54) is 44.1 Å². The Kier molecular flexibility index (Phi) is 4.53. The van der Waals surface area contributed by atoms with Gasteiger partial charge in [0.1, 0.15) is 5.75 Å². The molecule has 142 valence electrons. The Morgan fingerprint density at radius 1 is 0.690 bits per heavy atom. The van der Waals surface area contributed by atoms with Crippen molar-refractivity contribution in [2.24, 2.45) is 0 Å². The fourth-order valence-electron chi connectivity index (χ4n) is 4.12. The first-order valence-electron chi connectivity index (χ1n) is 10.0. The summed E-state index contributed by atoms with van der Waals surface area (Å²) in [5.74, 6) is 0.879. The van der Waals surface area contributed by atoms with Crippen molar-refractivity contribution in [2.45, 2.75) is 12.8 Å². The summed E-state index contributed by atoms with van der Waals surface area (Å²) in [6.45, 7) is 0. The van der Waals surface area contributed by atoms with Gasteiger partial charge in [-0.15, -0.1) is 0 Å². The third-order valence-corrected chi connectivity index (χ3v) is 5.61. The Morgan fingerprint density at radius 3 is 2.21 bits per heavy atom. The smallest absolute Gasteiger partial charge is 0.118 e. The molecule has 5 rings (SSSR count). The molecule has 0 saturated heterocycles. The van der Waals surface area contributed by atoms with E-state index in [9.17, 15) is 0 Å². The van der Waals surface area contributed by atoms with Gasteiger partial charge in [0, 0.05) is 21.8 Å². The Hall–Kier alpha value is -3.52. The van der Waals surface area contributed by atoms with Crippen LogP contribution in [0.2, 0.25) is 0 Å². The van der Waals surface area contributed by atoms with Crippen molar-refractivity contribution in [1.29, 1.82) is 0 Å². The van der Waals surface area contributed by atoms with Gasteiger partial charge < -0.3 is 9.72 Å². The van der Waals surface area contributed by atoms with Gasteiger partial charge in [0.25, 0.3) is 0 Å². The summed E-state index contributed by atoms with van der Waals surface area (Å²) >= 11 is 0. The maximum absolute atomic E-state index is 5.35. The number of para-hydroxylation sites is 1. The van der Waals surface area contributed by atoms with Crippen molar-refractivity contribution in [3.8, 4) is 16.9 Å². The first-order valence-corrected chi connectivity index (χ1v) is 10.0. The molecule has 29 heavy (non-hydrogen) atoms. The lowest BCUT2D eigenvalue weighted by atomic mass is 9.94. The quantitative estimate of drug-likeness (QED) is 0.359. The number of aromatic nitrogens is 1. The second-order valence-electron chi connectivity index (χ2n) is 7.45. The minimum atomic E-state index is 0.879. The van der Waals surface area contributed by atoms with E-state index in [1.54, 1.807) is 7.11 Å². The van der Waals surface area contributed by atoms with E-state index in [0.717, 1.165) is 18.6 Å². The maximum atomic E-state index is 5.35. The van der Waals surface area contributed by atoms with Crippen LogP contribution in [-0.2, 0) is 12.8 Å². The van der Waals surface area contributed by atoms with Gasteiger partial charge in [-0.05, 0) is 59.4 Å². The van der Waals surface area contributed by atoms with Crippen LogP contribution in [0, 0.1) is 0 Å². The highest BCUT2D eigenvalue weighted by molar-refractivity contribution is 6.14. The largest absolute Gasteiger partial charge is 0.497 e. The molecule has 1 N–H and O–H groups in total. The standard InChI is InChI=1S/C27H23NO/c1-29-22-15-13-21(14-16-22)24-17-20(12-11-19-7-3-2-4-8-19)18-26-27(24)23-9-5-6-10-25(23)28-26/h2-10,13-18,28H,11-12H2,1H3. The highest BCUT2D eigenvalue weighted by Gasteiger charge is 2.12. The highest BCUT2D eigenvalue weighted by atomic mass is 16.5. The molecule has 5 aromatic rings. The Bertz CT molecular complexity index is 1270. The van der Waals surface area contributed by atoms with Gasteiger partial charge >= 0.3 is 0 Å². The third kappa shape index (κ3) is 3.38. The molecule has 2 heteroatoms. The van der Waals surface area contributed by atoms with Gasteiger partial charge in [0.15, 0.2) is 0 Å². The second-order valence-corrected chi connectivity index (χ2v) is 7.45. The first-order chi connectivity index (χ1) is 14.3. The minimum absolute atomic E-state index is 0.879. The SMILES string of the molecule is COc1ccc(-c2cc(CCc3ccccc3)cc3[nH]c4ccccc4c23)cc1. The monoisotopic (exact) mass is 377 g/mol. The minimum Gasteiger partial charge on any atom is -0.497 e. The zero-order valence-electron chi connectivity index (χ0n) is 16.5. The summed E-state index contributed by atoms with van der Waals surface area (Å²) in [5, 5.41) is 2.55. The van der Waals surface area contributed by atoms with Crippen molar-refractivity contribution in [3.05, 3.63) is 102 Å². The lowest BCUT2D eigenvalue weighted by Gasteiger charge is -2.10. The summed E-state index contributed by atoms with van der Waals surface area (Å²) < 4.78 is 5.35. The van der Waals surface area contributed by atoms with Crippen molar-refractivity contribution in [1.82, 2.24) is 4.98 Å². The van der Waals surface area contributed by atoms with E-state index in [0.29, 0.717) is 0 Å². The van der Waals surface area contributed by atoms with Crippen LogP contribution in [0.5, 0.6) is 5.75 Å². The normalized spacial score (nSPS) is 11.2. The molecular weight excluding hydrogens is 354 g/mol. The van der Waals surface area contributed by atoms with Gasteiger partial charge in [-0.1, -0.05) is 66.7 Å². The topological polar surface area (TPSA) is 25.0 Å². The summed E-state index contributed by atoms with van der Waals surface area (Å²) in [5.41, 5.74) is 7.57. The fourth-order valence-corrected chi connectivity index (χ4v) is 4.12. The van der Waals surface area contributed by atoms with Crippen LogP contribution in [0.4, 0.5) is 0 Å². The summed E-state index contributed by atoms with van der Waals surface area (Å²) in [6, 6.07) is 32.3. The number of H-pyrrole nitrogens is 1. The molecule has 0 unspecified atom stereocenters. The molecule has 0 bridgehead atoms. The molecule has 0 amide bonds. The summed E-state index contributed by atoms with van der Waals surface area (Å²) in [7, 11) is 1.71. The lowest BCUT2D eigenvalue weighted by Crippen LogP contribution is -1.93. The van der Waals surface area contributed by atoms with Gasteiger partial charge in [-0.25, -0.2) is 0 Å². The Balaban J connectivity index is 1.64. The number of hydrogen-bond acceptors (Lipinski definition) is 1. The van der Waals surface area contributed by atoms with Crippen LogP contribution >= 0.6 is 0 Å². The number of aryl methyl sites for hydroxylation is 2. The average Bonchev–Trinajstić information content (AvgIpc) is 3.16. The fraction of sp³-hybridized carbons (Fsp3) is 0.111. The molecule has 0 atom stereocenters. The number of hydrogen-bond donors (Lipinski definition) is 1. The molecule has 0 saturated carbocycles. The molecule has 0 aliphatic heterocycles. The number of methoxy groups -OCH3 is 1. The second kappa shape index (κ2) is 7.48. The number of aromatic amines is 1. The Morgan fingerprint density at radius 2 is 1.41 bits per heavy atom. The first kappa shape index (κ1) is 17.6. The van der Waals surface area contributed by atoms with Gasteiger partial charge in [-0.2, -0.15) is 0 Å². The summed E-state index contributed by atoms with van der Waals surface area (Å²) in [6.07, 6.45) is 2.05. The van der Waals surface area contributed by atoms with Crippen LogP contribution in [-0.4, -0.2) is 12.1 Å². The molecule has 0 fully saturated rings. The maximum Gasteiger partial charge on any atom is 0.118 e. The van der Waals surface area contributed by atoms with Crippen LogP contribution in [0.1, 0.15) is 11.1 Å². The number of benzene rings is 4. The number of fused-ring (bicyclic) bond motifs is 3. The van der Waals surface area contributed by atoms with Crippen LogP contribution in [0.25, 0.3) is 32.9 Å². The molecular formula is C27H23NO. The van der Waals surface area contributed by atoms with E-state index in [2.05, 4.69) is 83.8 Å². The van der Waals surface area contributed by atoms with E-state index >= 15 is 0 Å². The van der Waals surface area contributed by atoms with E-state index in [1.807, 2.05) is 12.1 Å². The molecule has 4 aromatic carbocycles. The lowest BCUT2D eigenvalue weighted by molar-refractivity contribution is 0.415. The van der Waals surface area contributed by atoms with Crippen molar-refractivity contribution in [2.75, 3.05) is 7.11 Å². The van der Waals surface area contributed by atoms with E-state index in [-0.39, 0.29) is 0 Å². The van der Waals surface area contributed by atoms with E-state index in [4.69, 9.17) is 4.74 Å². The van der Waals surface area contributed by atoms with Crippen molar-refractivity contribution in [3.63, 3.8) is 0 Å². The zero-order valence-corrected chi connectivity index (χ0v) is 16.5. The number of ether oxygens (including phenoxy) is 1. The molecule has 0 spiro atoms.